The van der Waals surface area contributed by atoms with E-state index in [1.807, 2.05) is 13.0 Å². The number of rotatable bonds is 11. The zero-order valence-corrected chi connectivity index (χ0v) is 21.3. The van der Waals surface area contributed by atoms with Crippen LogP contribution in [0.2, 0.25) is 5.02 Å². The van der Waals surface area contributed by atoms with Crippen LogP contribution in [0.15, 0.2) is 53.3 Å². The van der Waals surface area contributed by atoms with E-state index in [0.29, 0.717) is 34.0 Å². The molecule has 0 bridgehead atoms. The smallest absolute Gasteiger partial charge is 0.306 e. The first kappa shape index (κ1) is 26.4. The Hall–Kier alpha value is -3.19. The fourth-order valence-corrected chi connectivity index (χ4v) is 4.19. The molecule has 1 heterocycles. The maximum Gasteiger partial charge on any atom is 0.306 e. The van der Waals surface area contributed by atoms with Crippen molar-refractivity contribution in [3.8, 4) is 5.69 Å². The Morgan fingerprint density at radius 1 is 1.06 bits per heavy atom. The number of hydrogen-bond acceptors (Lipinski definition) is 5. The monoisotopic (exact) mass is 497 g/mol. The number of halogens is 1. The van der Waals surface area contributed by atoms with E-state index in [-0.39, 0.29) is 30.9 Å². The molecule has 8 heteroatoms. The molecule has 1 atom stereocenters. The Balaban J connectivity index is 2.07. The standard InChI is InChI=1S/C27H32ClN3O4/c1-4-6-9-18-30(24(32)16-17-25(33)35-5-2)19(3)26-29-23-11-8-7-10-22(23)27(34)31(26)21-14-12-20(28)13-15-21/h7-8,10-15,19H,4-6,9,16-18H2,1-3H3. The van der Waals surface area contributed by atoms with Crippen LogP contribution in [-0.4, -0.2) is 39.5 Å². The molecular formula is C27H32ClN3O4. The summed E-state index contributed by atoms with van der Waals surface area (Å²) in [5, 5.41) is 1.05. The molecule has 0 spiro atoms. The van der Waals surface area contributed by atoms with Gasteiger partial charge in [-0.2, -0.15) is 0 Å². The molecule has 0 aliphatic heterocycles. The molecule has 3 aromatic rings. The highest BCUT2D eigenvalue weighted by Crippen LogP contribution is 2.25. The summed E-state index contributed by atoms with van der Waals surface area (Å²) in [7, 11) is 0. The lowest BCUT2D eigenvalue weighted by Gasteiger charge is -2.31. The molecule has 0 aliphatic rings. The number of carbonyl (C=O) groups is 2. The Bertz CT molecular complexity index is 1220. The van der Waals surface area contributed by atoms with Gasteiger partial charge in [-0.25, -0.2) is 4.98 Å². The fraction of sp³-hybridized carbons (Fsp3) is 0.407. The van der Waals surface area contributed by atoms with Crippen LogP contribution in [0.1, 0.15) is 64.7 Å². The van der Waals surface area contributed by atoms with Crippen LogP contribution in [0.25, 0.3) is 16.6 Å². The minimum Gasteiger partial charge on any atom is -0.466 e. The number of benzene rings is 2. The van der Waals surface area contributed by atoms with Crippen LogP contribution in [0.4, 0.5) is 0 Å². The number of fused-ring (bicyclic) bond motifs is 1. The average Bonchev–Trinajstić information content (AvgIpc) is 2.86. The van der Waals surface area contributed by atoms with Gasteiger partial charge in [0.1, 0.15) is 5.82 Å². The normalized spacial score (nSPS) is 11.9. The van der Waals surface area contributed by atoms with Gasteiger partial charge in [0.2, 0.25) is 5.91 Å². The minimum absolute atomic E-state index is 0.0127. The van der Waals surface area contributed by atoms with Gasteiger partial charge in [-0.05, 0) is 56.7 Å². The van der Waals surface area contributed by atoms with Gasteiger partial charge in [-0.1, -0.05) is 43.5 Å². The van der Waals surface area contributed by atoms with Crippen LogP contribution in [-0.2, 0) is 14.3 Å². The summed E-state index contributed by atoms with van der Waals surface area (Å²) in [4.78, 5) is 45.3. The molecule has 0 saturated carbocycles. The third-order valence-corrected chi connectivity index (χ3v) is 6.15. The number of nitrogens with zero attached hydrogens (tertiary/aromatic N) is 3. The second kappa shape index (κ2) is 12.5. The number of aromatic nitrogens is 2. The topological polar surface area (TPSA) is 81.5 Å². The number of carbonyl (C=O) groups excluding carboxylic acids is 2. The summed E-state index contributed by atoms with van der Waals surface area (Å²) in [5.74, 6) is -0.118. The molecule has 0 saturated heterocycles. The number of para-hydroxylation sites is 1. The number of esters is 1. The van der Waals surface area contributed by atoms with E-state index in [1.54, 1.807) is 58.9 Å². The second-order valence-corrected chi connectivity index (χ2v) is 8.82. The van der Waals surface area contributed by atoms with Gasteiger partial charge >= 0.3 is 5.97 Å². The molecule has 0 N–H and O–H groups in total. The van der Waals surface area contributed by atoms with Gasteiger partial charge in [0, 0.05) is 18.0 Å². The van der Waals surface area contributed by atoms with Crippen molar-refractivity contribution in [3.63, 3.8) is 0 Å². The highest BCUT2D eigenvalue weighted by atomic mass is 35.5. The first-order chi connectivity index (χ1) is 16.9. The van der Waals surface area contributed by atoms with Crippen molar-refractivity contribution in [1.29, 1.82) is 0 Å². The summed E-state index contributed by atoms with van der Waals surface area (Å²) < 4.78 is 6.54. The van der Waals surface area contributed by atoms with E-state index in [0.717, 1.165) is 19.3 Å². The molecule has 35 heavy (non-hydrogen) atoms. The zero-order chi connectivity index (χ0) is 25.4. The molecule has 1 unspecified atom stereocenters. The first-order valence-corrected chi connectivity index (χ1v) is 12.5. The predicted octanol–water partition coefficient (Wildman–Crippen LogP) is 5.46. The van der Waals surface area contributed by atoms with E-state index in [4.69, 9.17) is 21.3 Å². The zero-order valence-electron chi connectivity index (χ0n) is 20.5. The lowest BCUT2D eigenvalue weighted by molar-refractivity contribution is -0.146. The van der Waals surface area contributed by atoms with Crippen molar-refractivity contribution in [2.75, 3.05) is 13.2 Å². The van der Waals surface area contributed by atoms with Gasteiger partial charge in [0.25, 0.3) is 5.56 Å². The average molecular weight is 498 g/mol. The largest absolute Gasteiger partial charge is 0.466 e. The quantitative estimate of drug-likeness (QED) is 0.259. The van der Waals surface area contributed by atoms with Gasteiger partial charge in [-0.15, -0.1) is 0 Å². The Kier molecular flexibility index (Phi) is 9.43. The van der Waals surface area contributed by atoms with E-state index in [9.17, 15) is 14.4 Å². The summed E-state index contributed by atoms with van der Waals surface area (Å²) in [6.07, 6.45) is 2.82. The molecule has 3 rings (SSSR count). The SMILES string of the molecule is CCCCCN(C(=O)CCC(=O)OCC)C(C)c1nc2ccccc2c(=O)n1-c1ccc(Cl)cc1. The summed E-state index contributed by atoms with van der Waals surface area (Å²) in [5.41, 5.74) is 0.969. The third-order valence-electron chi connectivity index (χ3n) is 5.90. The Morgan fingerprint density at radius 2 is 1.77 bits per heavy atom. The molecule has 1 amide bonds. The Morgan fingerprint density at radius 3 is 2.46 bits per heavy atom. The molecule has 7 nitrogen and oxygen atoms in total. The molecule has 0 aliphatic carbocycles. The van der Waals surface area contributed by atoms with Gasteiger partial charge in [0.15, 0.2) is 0 Å². The lowest BCUT2D eigenvalue weighted by Crippen LogP contribution is -2.38. The lowest BCUT2D eigenvalue weighted by atomic mass is 10.1. The van der Waals surface area contributed by atoms with Crippen LogP contribution in [0.3, 0.4) is 0 Å². The van der Waals surface area contributed by atoms with Crippen molar-refractivity contribution in [3.05, 3.63) is 69.7 Å². The summed E-state index contributed by atoms with van der Waals surface area (Å²) in [6, 6.07) is 13.6. The highest BCUT2D eigenvalue weighted by Gasteiger charge is 2.27. The molecule has 0 radical (unpaired) electrons. The molecule has 1 aromatic heterocycles. The molecule has 2 aromatic carbocycles. The molecular weight excluding hydrogens is 466 g/mol. The van der Waals surface area contributed by atoms with Crippen molar-refractivity contribution in [2.24, 2.45) is 0 Å². The van der Waals surface area contributed by atoms with E-state index in [2.05, 4.69) is 6.92 Å². The number of amides is 1. The summed E-state index contributed by atoms with van der Waals surface area (Å²) >= 11 is 6.09. The predicted molar refractivity (Wildman–Crippen MR) is 138 cm³/mol. The van der Waals surface area contributed by atoms with E-state index >= 15 is 0 Å². The van der Waals surface area contributed by atoms with E-state index < -0.39 is 12.0 Å². The third kappa shape index (κ3) is 6.48. The van der Waals surface area contributed by atoms with Gasteiger partial charge in [0.05, 0.1) is 35.7 Å². The van der Waals surface area contributed by atoms with Crippen LogP contribution in [0.5, 0.6) is 0 Å². The van der Waals surface area contributed by atoms with Crippen molar-refractivity contribution in [1.82, 2.24) is 14.5 Å². The van der Waals surface area contributed by atoms with E-state index in [1.165, 1.54) is 0 Å². The van der Waals surface area contributed by atoms with Crippen LogP contribution < -0.4 is 5.56 Å². The number of unbranched alkanes of at least 4 members (excludes halogenated alkanes) is 2. The first-order valence-electron chi connectivity index (χ1n) is 12.1. The fourth-order valence-electron chi connectivity index (χ4n) is 4.06. The molecule has 0 fully saturated rings. The van der Waals surface area contributed by atoms with Crippen LogP contribution >= 0.6 is 11.6 Å². The van der Waals surface area contributed by atoms with Crippen LogP contribution in [0, 0.1) is 0 Å². The molecule has 186 valence electrons. The Labute approximate surface area is 210 Å². The highest BCUT2D eigenvalue weighted by molar-refractivity contribution is 6.30. The maximum atomic E-state index is 13.6. The number of ether oxygens (including phenoxy) is 1. The maximum absolute atomic E-state index is 13.6. The minimum atomic E-state index is -0.505. The van der Waals surface area contributed by atoms with Crippen molar-refractivity contribution < 1.29 is 14.3 Å². The van der Waals surface area contributed by atoms with Gasteiger partial charge in [-0.3, -0.25) is 19.0 Å². The number of hydrogen-bond donors (Lipinski definition) is 0. The van der Waals surface area contributed by atoms with Gasteiger partial charge < -0.3 is 9.64 Å². The summed E-state index contributed by atoms with van der Waals surface area (Å²) in [6.45, 7) is 6.48. The second-order valence-electron chi connectivity index (χ2n) is 8.38. The van der Waals surface area contributed by atoms with Crippen molar-refractivity contribution >= 4 is 34.4 Å². The van der Waals surface area contributed by atoms with Crippen molar-refractivity contribution in [2.45, 2.75) is 58.9 Å².